The van der Waals surface area contributed by atoms with E-state index in [1.807, 2.05) is 4.90 Å². The minimum atomic E-state index is -0.437. The Morgan fingerprint density at radius 3 is 2.59 bits per heavy atom. The van der Waals surface area contributed by atoms with Crippen molar-refractivity contribution in [3.8, 4) is 0 Å². The van der Waals surface area contributed by atoms with Gasteiger partial charge in [-0.25, -0.2) is 9.18 Å². The molecule has 2 fully saturated rings. The van der Waals surface area contributed by atoms with Crippen molar-refractivity contribution in [3.63, 3.8) is 0 Å². The summed E-state index contributed by atoms with van der Waals surface area (Å²) in [7, 11) is 0. The molecule has 116 valence electrons. The third-order valence-corrected chi connectivity index (χ3v) is 4.01. The van der Waals surface area contributed by atoms with Gasteiger partial charge in [0.15, 0.2) is 0 Å². The molecule has 5 nitrogen and oxygen atoms in total. The van der Waals surface area contributed by atoms with E-state index < -0.39 is 6.03 Å². The summed E-state index contributed by atoms with van der Waals surface area (Å²) in [4.78, 5) is 26.7. The third kappa shape index (κ3) is 2.56. The SMILES string of the molecule is CCN1C(=O)N/C(=C\c2ccc(N3CCCC3)c(F)c2)C1=O. The van der Waals surface area contributed by atoms with Gasteiger partial charge in [-0.3, -0.25) is 9.69 Å². The van der Waals surface area contributed by atoms with Crippen molar-refractivity contribution in [2.24, 2.45) is 0 Å². The Morgan fingerprint density at radius 2 is 2.00 bits per heavy atom. The van der Waals surface area contributed by atoms with Gasteiger partial charge in [0.2, 0.25) is 0 Å². The van der Waals surface area contributed by atoms with Gasteiger partial charge in [0.1, 0.15) is 11.5 Å². The van der Waals surface area contributed by atoms with Crippen LogP contribution in [-0.2, 0) is 4.79 Å². The minimum absolute atomic E-state index is 0.181. The minimum Gasteiger partial charge on any atom is -0.369 e. The maximum atomic E-state index is 14.2. The van der Waals surface area contributed by atoms with Gasteiger partial charge >= 0.3 is 6.03 Å². The molecule has 0 atom stereocenters. The number of amides is 3. The van der Waals surface area contributed by atoms with Crippen LogP contribution < -0.4 is 10.2 Å². The normalized spacial score (nSPS) is 20.2. The molecule has 3 rings (SSSR count). The van der Waals surface area contributed by atoms with Crippen LogP contribution in [0, 0.1) is 5.82 Å². The lowest BCUT2D eigenvalue weighted by Crippen LogP contribution is -2.30. The van der Waals surface area contributed by atoms with E-state index in [1.54, 1.807) is 19.1 Å². The van der Waals surface area contributed by atoms with Crippen LogP contribution in [0.1, 0.15) is 25.3 Å². The number of anilines is 1. The van der Waals surface area contributed by atoms with Crippen molar-refractivity contribution in [1.29, 1.82) is 0 Å². The van der Waals surface area contributed by atoms with E-state index in [4.69, 9.17) is 0 Å². The first-order valence-electron chi connectivity index (χ1n) is 7.49. The molecule has 0 saturated carbocycles. The fourth-order valence-corrected chi connectivity index (χ4v) is 2.85. The summed E-state index contributed by atoms with van der Waals surface area (Å²) < 4.78 is 14.2. The number of hydrogen-bond donors (Lipinski definition) is 1. The first kappa shape index (κ1) is 14.6. The van der Waals surface area contributed by atoms with E-state index in [2.05, 4.69) is 5.32 Å². The molecule has 2 saturated heterocycles. The second-order valence-corrected chi connectivity index (χ2v) is 5.44. The number of rotatable bonds is 3. The van der Waals surface area contributed by atoms with Crippen molar-refractivity contribution in [2.75, 3.05) is 24.5 Å². The average molecular weight is 303 g/mol. The highest BCUT2D eigenvalue weighted by Gasteiger charge is 2.32. The maximum absolute atomic E-state index is 14.2. The Morgan fingerprint density at radius 1 is 1.27 bits per heavy atom. The molecule has 22 heavy (non-hydrogen) atoms. The molecule has 1 aromatic rings. The number of carbonyl (C=O) groups excluding carboxylic acids is 2. The van der Waals surface area contributed by atoms with E-state index in [9.17, 15) is 14.0 Å². The monoisotopic (exact) mass is 303 g/mol. The Bertz CT molecular complexity index is 651. The molecule has 2 aliphatic rings. The summed E-state index contributed by atoms with van der Waals surface area (Å²) >= 11 is 0. The van der Waals surface area contributed by atoms with Gasteiger partial charge in [-0.1, -0.05) is 6.07 Å². The van der Waals surface area contributed by atoms with Crippen LogP contribution >= 0.6 is 0 Å². The van der Waals surface area contributed by atoms with E-state index in [0.717, 1.165) is 30.8 Å². The molecule has 0 unspecified atom stereocenters. The topological polar surface area (TPSA) is 52.7 Å². The molecule has 0 aliphatic carbocycles. The van der Waals surface area contributed by atoms with Gasteiger partial charge in [0.25, 0.3) is 5.91 Å². The first-order valence-corrected chi connectivity index (χ1v) is 7.49. The molecular weight excluding hydrogens is 285 g/mol. The van der Waals surface area contributed by atoms with E-state index >= 15 is 0 Å². The Kier molecular flexibility index (Phi) is 3.83. The number of urea groups is 1. The van der Waals surface area contributed by atoms with Crippen molar-refractivity contribution < 1.29 is 14.0 Å². The zero-order valence-corrected chi connectivity index (χ0v) is 12.4. The van der Waals surface area contributed by atoms with Crippen LogP contribution in [-0.4, -0.2) is 36.5 Å². The van der Waals surface area contributed by atoms with Crippen molar-refractivity contribution >= 4 is 23.7 Å². The smallest absolute Gasteiger partial charge is 0.328 e. The standard InChI is InChI=1S/C16H18FN3O2/c1-2-20-15(21)13(18-16(20)22)10-11-5-6-14(12(17)9-11)19-7-3-4-8-19/h5-6,9-10H,2-4,7-8H2,1H3,(H,18,22)/b13-10-. The molecule has 0 radical (unpaired) electrons. The Balaban J connectivity index is 1.84. The van der Waals surface area contributed by atoms with Crippen LogP contribution in [0.4, 0.5) is 14.9 Å². The second kappa shape index (κ2) is 5.79. The molecule has 0 bridgehead atoms. The van der Waals surface area contributed by atoms with E-state index in [0.29, 0.717) is 17.8 Å². The largest absolute Gasteiger partial charge is 0.369 e. The summed E-state index contributed by atoms with van der Waals surface area (Å²) in [5.74, 6) is -0.683. The number of nitrogens with zero attached hydrogens (tertiary/aromatic N) is 2. The predicted molar refractivity (Wildman–Crippen MR) is 81.7 cm³/mol. The average Bonchev–Trinajstić information content (AvgIpc) is 3.09. The Labute approximate surface area is 128 Å². The van der Waals surface area contributed by atoms with Crippen LogP contribution in [0.5, 0.6) is 0 Å². The lowest BCUT2D eigenvalue weighted by Gasteiger charge is -2.18. The summed E-state index contributed by atoms with van der Waals surface area (Å²) in [6.45, 7) is 3.78. The highest BCUT2D eigenvalue weighted by molar-refractivity contribution is 6.13. The van der Waals surface area contributed by atoms with Gasteiger partial charge in [0, 0.05) is 19.6 Å². The number of nitrogens with one attached hydrogen (secondary N) is 1. The first-order chi connectivity index (χ1) is 10.6. The van der Waals surface area contributed by atoms with Gasteiger partial charge in [-0.05, 0) is 43.5 Å². The Hall–Kier alpha value is -2.37. The summed E-state index contributed by atoms with van der Waals surface area (Å²) in [5, 5.41) is 2.51. The number of carbonyl (C=O) groups is 2. The summed E-state index contributed by atoms with van der Waals surface area (Å²) in [6.07, 6.45) is 3.67. The van der Waals surface area contributed by atoms with Crippen LogP contribution in [0.3, 0.4) is 0 Å². The molecule has 2 heterocycles. The van der Waals surface area contributed by atoms with Crippen molar-refractivity contribution in [2.45, 2.75) is 19.8 Å². The molecule has 1 N–H and O–H groups in total. The van der Waals surface area contributed by atoms with Gasteiger partial charge in [-0.15, -0.1) is 0 Å². The fourth-order valence-electron chi connectivity index (χ4n) is 2.85. The molecule has 0 spiro atoms. The maximum Gasteiger partial charge on any atom is 0.328 e. The summed E-state index contributed by atoms with van der Waals surface area (Å²) in [6, 6.07) is 4.45. The highest BCUT2D eigenvalue weighted by Crippen LogP contribution is 2.25. The summed E-state index contributed by atoms with van der Waals surface area (Å²) in [5.41, 5.74) is 1.33. The quantitative estimate of drug-likeness (QED) is 0.689. The fraction of sp³-hybridized carbons (Fsp3) is 0.375. The molecule has 2 aliphatic heterocycles. The third-order valence-electron chi connectivity index (χ3n) is 4.01. The number of halogens is 1. The van der Waals surface area contributed by atoms with Crippen LogP contribution in [0.15, 0.2) is 23.9 Å². The zero-order chi connectivity index (χ0) is 15.7. The molecule has 6 heteroatoms. The number of hydrogen-bond acceptors (Lipinski definition) is 3. The lowest BCUT2D eigenvalue weighted by molar-refractivity contribution is -0.122. The van der Waals surface area contributed by atoms with Gasteiger partial charge in [-0.2, -0.15) is 0 Å². The van der Waals surface area contributed by atoms with Gasteiger partial charge < -0.3 is 10.2 Å². The number of benzene rings is 1. The lowest BCUT2D eigenvalue weighted by atomic mass is 10.1. The van der Waals surface area contributed by atoms with E-state index in [-0.39, 0.29) is 17.4 Å². The van der Waals surface area contributed by atoms with Gasteiger partial charge in [0.05, 0.1) is 5.69 Å². The number of likely N-dealkylation sites (N-methyl/N-ethyl adjacent to an activating group) is 1. The van der Waals surface area contributed by atoms with Crippen molar-refractivity contribution in [3.05, 3.63) is 35.3 Å². The van der Waals surface area contributed by atoms with E-state index in [1.165, 1.54) is 12.1 Å². The van der Waals surface area contributed by atoms with Crippen molar-refractivity contribution in [1.82, 2.24) is 10.2 Å². The molecule has 0 aromatic heterocycles. The van der Waals surface area contributed by atoms with Crippen LogP contribution in [0.25, 0.3) is 6.08 Å². The zero-order valence-electron chi connectivity index (χ0n) is 12.4. The number of imide groups is 1. The molecule has 3 amide bonds. The molecular formula is C16H18FN3O2. The predicted octanol–water partition coefficient (Wildman–Crippen LogP) is 2.34. The molecule has 1 aromatic carbocycles. The highest BCUT2D eigenvalue weighted by atomic mass is 19.1. The van der Waals surface area contributed by atoms with Crippen LogP contribution in [0.2, 0.25) is 0 Å². The second-order valence-electron chi connectivity index (χ2n) is 5.44.